The Morgan fingerprint density at radius 2 is 1.97 bits per heavy atom. The lowest BCUT2D eigenvalue weighted by Gasteiger charge is -2.25. The fourth-order valence-corrected chi connectivity index (χ4v) is 5.42. The fraction of sp³-hybridized carbons (Fsp3) is 0.333. The number of fused-ring (bicyclic) bond motifs is 1. The SMILES string of the molecule is COc1ccc([S+]([O-])n2cc(C(F)F)c3ccc(Br)cc32)cc1C1CCNCC1. The number of benzene rings is 2. The molecule has 0 amide bonds. The minimum Gasteiger partial charge on any atom is -0.587 e. The molecule has 1 aliphatic heterocycles. The van der Waals surface area contributed by atoms with Crippen LogP contribution in [0.3, 0.4) is 0 Å². The highest BCUT2D eigenvalue weighted by molar-refractivity contribution is 9.10. The number of ether oxygens (including phenoxy) is 1. The molecule has 0 bridgehead atoms. The summed E-state index contributed by atoms with van der Waals surface area (Å²) in [7, 11) is 1.63. The molecule has 3 aromatic rings. The van der Waals surface area contributed by atoms with Crippen LogP contribution in [0.2, 0.25) is 0 Å². The molecule has 1 aromatic heterocycles. The maximum Gasteiger partial charge on any atom is 0.266 e. The molecule has 1 fully saturated rings. The summed E-state index contributed by atoms with van der Waals surface area (Å²) in [6, 6.07) is 10.5. The number of nitrogens with one attached hydrogen (secondary N) is 1. The summed E-state index contributed by atoms with van der Waals surface area (Å²) in [4.78, 5) is 0.567. The van der Waals surface area contributed by atoms with Gasteiger partial charge in [0, 0.05) is 27.1 Å². The molecule has 1 unspecified atom stereocenters. The summed E-state index contributed by atoms with van der Waals surface area (Å²) in [5.41, 5.74) is 1.41. The van der Waals surface area contributed by atoms with Crippen molar-refractivity contribution in [1.29, 1.82) is 0 Å². The van der Waals surface area contributed by atoms with Crippen LogP contribution >= 0.6 is 15.9 Å². The fourth-order valence-electron chi connectivity index (χ4n) is 3.89. The average molecular weight is 483 g/mol. The summed E-state index contributed by atoms with van der Waals surface area (Å²) >= 11 is 1.72. The molecular weight excluding hydrogens is 462 g/mol. The zero-order chi connectivity index (χ0) is 20.5. The highest BCUT2D eigenvalue weighted by atomic mass is 79.9. The normalized spacial score (nSPS) is 16.5. The molecule has 2 heterocycles. The molecule has 154 valence electrons. The van der Waals surface area contributed by atoms with Gasteiger partial charge in [-0.15, -0.1) is 0 Å². The number of halogens is 3. The van der Waals surface area contributed by atoms with Gasteiger partial charge in [0.2, 0.25) is 0 Å². The molecule has 0 aliphatic carbocycles. The number of hydrogen-bond acceptors (Lipinski definition) is 3. The molecule has 8 heteroatoms. The van der Waals surface area contributed by atoms with Crippen LogP contribution in [0, 0.1) is 0 Å². The van der Waals surface area contributed by atoms with Gasteiger partial charge in [0.1, 0.15) is 17.1 Å². The van der Waals surface area contributed by atoms with E-state index in [0.29, 0.717) is 21.7 Å². The summed E-state index contributed by atoms with van der Waals surface area (Å²) in [5.74, 6) is 1.08. The van der Waals surface area contributed by atoms with Gasteiger partial charge in [-0.3, -0.25) is 0 Å². The molecule has 0 radical (unpaired) electrons. The molecule has 1 N–H and O–H groups in total. The monoisotopic (exact) mass is 482 g/mol. The van der Waals surface area contributed by atoms with E-state index >= 15 is 0 Å². The Hall–Kier alpha value is -1.61. The largest absolute Gasteiger partial charge is 0.587 e. The lowest BCUT2D eigenvalue weighted by atomic mass is 9.89. The second-order valence-corrected chi connectivity index (χ2v) is 9.33. The van der Waals surface area contributed by atoms with Crippen LogP contribution in [0.25, 0.3) is 10.9 Å². The summed E-state index contributed by atoms with van der Waals surface area (Å²) in [6.45, 7) is 1.85. The van der Waals surface area contributed by atoms with Gasteiger partial charge in [-0.2, -0.15) is 3.97 Å². The van der Waals surface area contributed by atoms with E-state index in [1.54, 1.807) is 31.4 Å². The summed E-state index contributed by atoms with van der Waals surface area (Å²) < 4.78 is 48.2. The van der Waals surface area contributed by atoms with Crippen molar-refractivity contribution >= 4 is 38.2 Å². The Kier molecular flexibility index (Phi) is 6.15. The van der Waals surface area contributed by atoms with Crippen molar-refractivity contribution < 1.29 is 18.1 Å². The zero-order valence-electron chi connectivity index (χ0n) is 15.8. The van der Waals surface area contributed by atoms with Gasteiger partial charge >= 0.3 is 0 Å². The predicted octanol–water partition coefficient (Wildman–Crippen LogP) is 5.39. The second kappa shape index (κ2) is 8.63. The van der Waals surface area contributed by atoms with E-state index in [4.69, 9.17) is 4.74 Å². The third-order valence-corrected chi connectivity index (χ3v) is 7.17. The summed E-state index contributed by atoms with van der Waals surface area (Å²) in [5, 5.41) is 3.75. The van der Waals surface area contributed by atoms with Gasteiger partial charge in [0.25, 0.3) is 6.43 Å². The molecule has 2 aromatic carbocycles. The minimum atomic E-state index is -2.64. The Bertz CT molecular complexity index is 1020. The highest BCUT2D eigenvalue weighted by Crippen LogP contribution is 2.37. The lowest BCUT2D eigenvalue weighted by Crippen LogP contribution is -2.27. The number of hydrogen-bond donors (Lipinski definition) is 1. The predicted molar refractivity (Wildman–Crippen MR) is 114 cm³/mol. The first kappa shape index (κ1) is 20.7. The van der Waals surface area contributed by atoms with Crippen LogP contribution in [0.1, 0.15) is 36.3 Å². The van der Waals surface area contributed by atoms with Crippen molar-refractivity contribution in [2.75, 3.05) is 20.2 Å². The average Bonchev–Trinajstić information content (AvgIpc) is 3.12. The molecule has 29 heavy (non-hydrogen) atoms. The number of rotatable bonds is 5. The first-order chi connectivity index (χ1) is 14.0. The van der Waals surface area contributed by atoms with E-state index in [9.17, 15) is 13.3 Å². The summed E-state index contributed by atoms with van der Waals surface area (Å²) in [6.07, 6.45) is 0.604. The molecule has 0 spiro atoms. The van der Waals surface area contributed by atoms with E-state index in [1.165, 1.54) is 10.2 Å². The smallest absolute Gasteiger partial charge is 0.266 e. The van der Waals surface area contributed by atoms with E-state index in [1.807, 2.05) is 12.1 Å². The van der Waals surface area contributed by atoms with Gasteiger partial charge in [-0.1, -0.05) is 22.0 Å². The van der Waals surface area contributed by atoms with Crippen molar-refractivity contribution in [3.63, 3.8) is 0 Å². The standard InChI is InChI=1S/C21H21BrF2N2O2S/c1-28-20-5-3-15(11-17(20)13-6-8-25-9-7-13)29(27)26-12-18(21(23)24)16-4-2-14(22)10-19(16)26/h2-5,10-13,21,25H,6-9H2,1H3. The second-order valence-electron chi connectivity index (χ2n) is 7.05. The number of piperidine rings is 1. The maximum atomic E-state index is 13.5. The lowest BCUT2D eigenvalue weighted by molar-refractivity contribution is 0.153. The van der Waals surface area contributed by atoms with Crippen LogP contribution in [-0.2, 0) is 11.4 Å². The number of methoxy groups -OCH3 is 1. The van der Waals surface area contributed by atoms with Crippen molar-refractivity contribution in [1.82, 2.24) is 9.29 Å². The Morgan fingerprint density at radius 3 is 2.66 bits per heavy atom. The van der Waals surface area contributed by atoms with Gasteiger partial charge in [-0.25, -0.2) is 8.78 Å². The number of nitrogens with zero attached hydrogens (tertiary/aromatic N) is 1. The first-order valence-electron chi connectivity index (χ1n) is 9.39. The number of aromatic nitrogens is 1. The van der Waals surface area contributed by atoms with Crippen LogP contribution in [0.5, 0.6) is 5.75 Å². The van der Waals surface area contributed by atoms with E-state index in [-0.39, 0.29) is 5.56 Å². The number of alkyl halides is 2. The molecule has 0 saturated carbocycles. The van der Waals surface area contributed by atoms with Crippen LogP contribution < -0.4 is 10.1 Å². The third kappa shape index (κ3) is 4.03. The van der Waals surface area contributed by atoms with E-state index in [0.717, 1.165) is 41.7 Å². The van der Waals surface area contributed by atoms with Crippen LogP contribution in [-0.4, -0.2) is 28.7 Å². The van der Waals surface area contributed by atoms with Crippen LogP contribution in [0.4, 0.5) is 8.78 Å². The van der Waals surface area contributed by atoms with E-state index in [2.05, 4.69) is 21.2 Å². The first-order valence-corrected chi connectivity index (χ1v) is 11.3. The Labute approximate surface area is 179 Å². The molecule has 1 saturated heterocycles. The van der Waals surface area contributed by atoms with Crippen LogP contribution in [0.15, 0.2) is 52.0 Å². The minimum absolute atomic E-state index is 0.118. The zero-order valence-corrected chi connectivity index (χ0v) is 18.2. The maximum absolute atomic E-state index is 13.5. The van der Waals surface area contributed by atoms with Gasteiger partial charge in [-0.05, 0) is 56.1 Å². The topological polar surface area (TPSA) is 49.2 Å². The van der Waals surface area contributed by atoms with Crippen molar-refractivity contribution in [3.8, 4) is 5.75 Å². The molecule has 1 atom stereocenters. The van der Waals surface area contributed by atoms with Gasteiger partial charge < -0.3 is 14.6 Å². The quantitative estimate of drug-likeness (QED) is 0.496. The van der Waals surface area contributed by atoms with Crippen molar-refractivity contribution in [2.45, 2.75) is 30.1 Å². The Balaban J connectivity index is 1.78. The Morgan fingerprint density at radius 1 is 1.21 bits per heavy atom. The van der Waals surface area contributed by atoms with E-state index < -0.39 is 17.8 Å². The van der Waals surface area contributed by atoms with Gasteiger partial charge in [0.15, 0.2) is 4.90 Å². The third-order valence-electron chi connectivity index (χ3n) is 5.36. The highest BCUT2D eigenvalue weighted by Gasteiger charge is 2.26. The molecule has 4 rings (SSSR count). The van der Waals surface area contributed by atoms with Gasteiger partial charge in [0.05, 0.1) is 18.8 Å². The van der Waals surface area contributed by atoms with Crippen molar-refractivity contribution in [3.05, 3.63) is 58.2 Å². The van der Waals surface area contributed by atoms with Crippen molar-refractivity contribution in [2.24, 2.45) is 0 Å². The molecule has 4 nitrogen and oxygen atoms in total. The molecular formula is C21H21BrF2N2O2S. The molecule has 1 aliphatic rings.